The highest BCUT2D eigenvalue weighted by Crippen LogP contribution is 2.08. The lowest BCUT2D eigenvalue weighted by Gasteiger charge is -2.09. The van der Waals surface area contributed by atoms with Crippen LogP contribution in [-0.4, -0.2) is 54.0 Å². The fourth-order valence-electron chi connectivity index (χ4n) is 1.69. The van der Waals surface area contributed by atoms with Crippen LogP contribution >= 0.6 is 0 Å². The van der Waals surface area contributed by atoms with E-state index in [1.165, 1.54) is 17.3 Å². The van der Waals surface area contributed by atoms with Crippen molar-refractivity contribution in [2.75, 3.05) is 23.7 Å². The van der Waals surface area contributed by atoms with E-state index in [9.17, 15) is 5.11 Å². The van der Waals surface area contributed by atoms with Gasteiger partial charge in [-0.3, -0.25) is 0 Å². The maximum absolute atomic E-state index is 9.24. The number of aliphatic hydroxyl groups is 1. The SMILES string of the molecule is CCNc1nc(NCCCC(C)O)nc(-n2cncn2)n1. The second kappa shape index (κ2) is 7.48. The minimum Gasteiger partial charge on any atom is -0.393 e. The van der Waals surface area contributed by atoms with Crippen LogP contribution < -0.4 is 10.6 Å². The van der Waals surface area contributed by atoms with Gasteiger partial charge in [0, 0.05) is 13.1 Å². The first-order valence-corrected chi connectivity index (χ1v) is 6.96. The van der Waals surface area contributed by atoms with Gasteiger partial charge in [0.15, 0.2) is 0 Å². The number of hydrogen-bond donors (Lipinski definition) is 3. The zero-order valence-corrected chi connectivity index (χ0v) is 12.2. The molecule has 2 rings (SSSR count). The molecule has 9 heteroatoms. The summed E-state index contributed by atoms with van der Waals surface area (Å²) < 4.78 is 1.48. The Morgan fingerprint density at radius 1 is 1.24 bits per heavy atom. The molecule has 0 bridgehead atoms. The topological polar surface area (TPSA) is 114 Å². The minimum atomic E-state index is -0.298. The van der Waals surface area contributed by atoms with E-state index in [-0.39, 0.29) is 6.10 Å². The maximum atomic E-state index is 9.24. The lowest BCUT2D eigenvalue weighted by molar-refractivity contribution is 0.183. The van der Waals surface area contributed by atoms with Gasteiger partial charge in [-0.1, -0.05) is 0 Å². The first-order chi connectivity index (χ1) is 10.2. The molecule has 0 saturated heterocycles. The average Bonchev–Trinajstić information content (AvgIpc) is 2.98. The van der Waals surface area contributed by atoms with Gasteiger partial charge in [-0.25, -0.2) is 4.98 Å². The normalized spacial score (nSPS) is 12.1. The summed E-state index contributed by atoms with van der Waals surface area (Å²) in [5, 5.41) is 19.4. The standard InChI is InChI=1S/C12H20N8O/c1-3-14-10-17-11(15-6-4-5-9(2)21)19-12(18-10)20-8-13-7-16-20/h7-9,21H,3-6H2,1-2H3,(H2,14,15,17,18,19). The molecule has 0 saturated carbocycles. The highest BCUT2D eigenvalue weighted by Gasteiger charge is 2.08. The van der Waals surface area contributed by atoms with Crippen molar-refractivity contribution in [2.24, 2.45) is 0 Å². The molecule has 3 N–H and O–H groups in total. The minimum absolute atomic E-state index is 0.298. The van der Waals surface area contributed by atoms with Crippen LogP contribution in [0.1, 0.15) is 26.7 Å². The summed E-state index contributed by atoms with van der Waals surface area (Å²) in [7, 11) is 0. The highest BCUT2D eigenvalue weighted by molar-refractivity contribution is 5.37. The molecule has 114 valence electrons. The van der Waals surface area contributed by atoms with E-state index in [2.05, 4.69) is 35.7 Å². The van der Waals surface area contributed by atoms with Crippen molar-refractivity contribution in [3.63, 3.8) is 0 Å². The first-order valence-electron chi connectivity index (χ1n) is 6.96. The molecule has 1 unspecified atom stereocenters. The van der Waals surface area contributed by atoms with Gasteiger partial charge in [-0.15, -0.1) is 0 Å². The molecule has 0 fully saturated rings. The fourth-order valence-corrected chi connectivity index (χ4v) is 1.69. The zero-order chi connectivity index (χ0) is 15.1. The van der Waals surface area contributed by atoms with E-state index >= 15 is 0 Å². The number of aromatic nitrogens is 6. The third-order valence-electron chi connectivity index (χ3n) is 2.66. The Balaban J connectivity index is 2.08. The molecular formula is C12H20N8O. The lowest BCUT2D eigenvalue weighted by Crippen LogP contribution is -2.14. The van der Waals surface area contributed by atoms with E-state index in [1.807, 2.05) is 6.92 Å². The van der Waals surface area contributed by atoms with Gasteiger partial charge in [0.25, 0.3) is 5.95 Å². The van der Waals surface area contributed by atoms with Crippen molar-refractivity contribution in [1.82, 2.24) is 29.7 Å². The summed E-state index contributed by atoms with van der Waals surface area (Å²) >= 11 is 0. The molecule has 0 spiro atoms. The number of aliphatic hydroxyl groups excluding tert-OH is 1. The van der Waals surface area contributed by atoms with E-state index in [0.29, 0.717) is 30.9 Å². The molecule has 0 aliphatic rings. The summed E-state index contributed by atoms with van der Waals surface area (Å²) in [6.07, 6.45) is 4.22. The van der Waals surface area contributed by atoms with E-state index in [1.54, 1.807) is 6.92 Å². The van der Waals surface area contributed by atoms with Crippen LogP contribution in [0.2, 0.25) is 0 Å². The van der Waals surface area contributed by atoms with Crippen molar-refractivity contribution in [3.8, 4) is 5.95 Å². The van der Waals surface area contributed by atoms with E-state index < -0.39 is 0 Å². The second-order valence-electron chi connectivity index (χ2n) is 4.57. The summed E-state index contributed by atoms with van der Waals surface area (Å²) in [5.41, 5.74) is 0. The number of rotatable bonds is 8. The number of anilines is 2. The second-order valence-corrected chi connectivity index (χ2v) is 4.57. The first kappa shape index (κ1) is 15.1. The molecule has 0 aliphatic carbocycles. The molecule has 2 heterocycles. The van der Waals surface area contributed by atoms with Crippen LogP contribution in [0, 0.1) is 0 Å². The number of nitrogens with zero attached hydrogens (tertiary/aromatic N) is 6. The smallest absolute Gasteiger partial charge is 0.258 e. The fraction of sp³-hybridized carbons (Fsp3) is 0.583. The Morgan fingerprint density at radius 2 is 2.00 bits per heavy atom. The molecule has 0 aromatic carbocycles. The van der Waals surface area contributed by atoms with Gasteiger partial charge in [0.05, 0.1) is 6.10 Å². The lowest BCUT2D eigenvalue weighted by atomic mass is 10.2. The van der Waals surface area contributed by atoms with Crippen LogP contribution in [0.3, 0.4) is 0 Å². The Labute approximate surface area is 122 Å². The summed E-state index contributed by atoms with van der Waals surface area (Å²) in [6.45, 7) is 5.13. The van der Waals surface area contributed by atoms with Gasteiger partial charge < -0.3 is 15.7 Å². The van der Waals surface area contributed by atoms with Crippen LogP contribution in [0.4, 0.5) is 11.9 Å². The number of hydrogen-bond acceptors (Lipinski definition) is 8. The highest BCUT2D eigenvalue weighted by atomic mass is 16.3. The maximum Gasteiger partial charge on any atom is 0.258 e. The zero-order valence-electron chi connectivity index (χ0n) is 12.2. The molecule has 2 aromatic rings. The van der Waals surface area contributed by atoms with Gasteiger partial charge in [-0.05, 0) is 26.7 Å². The summed E-state index contributed by atoms with van der Waals surface area (Å²) in [6, 6.07) is 0. The van der Waals surface area contributed by atoms with Crippen LogP contribution in [0.15, 0.2) is 12.7 Å². The monoisotopic (exact) mass is 292 g/mol. The van der Waals surface area contributed by atoms with Crippen molar-refractivity contribution in [3.05, 3.63) is 12.7 Å². The Bertz CT molecular complexity index is 542. The molecule has 0 amide bonds. The van der Waals surface area contributed by atoms with Crippen molar-refractivity contribution >= 4 is 11.9 Å². The van der Waals surface area contributed by atoms with Gasteiger partial charge in [-0.2, -0.15) is 24.7 Å². The Hall–Kier alpha value is -2.29. The Morgan fingerprint density at radius 3 is 2.62 bits per heavy atom. The largest absolute Gasteiger partial charge is 0.393 e. The van der Waals surface area contributed by atoms with Gasteiger partial charge >= 0.3 is 0 Å². The van der Waals surface area contributed by atoms with Crippen molar-refractivity contribution in [1.29, 1.82) is 0 Å². The number of nitrogens with one attached hydrogen (secondary N) is 2. The Kier molecular flexibility index (Phi) is 5.38. The molecular weight excluding hydrogens is 272 g/mol. The average molecular weight is 292 g/mol. The predicted molar refractivity (Wildman–Crippen MR) is 78.3 cm³/mol. The van der Waals surface area contributed by atoms with Crippen molar-refractivity contribution < 1.29 is 5.11 Å². The predicted octanol–water partition coefficient (Wildman–Crippen LogP) is 0.457. The third-order valence-corrected chi connectivity index (χ3v) is 2.66. The summed E-state index contributed by atoms with van der Waals surface area (Å²) in [5.74, 6) is 1.35. The molecule has 0 aliphatic heterocycles. The van der Waals surface area contributed by atoms with E-state index in [4.69, 9.17) is 0 Å². The van der Waals surface area contributed by atoms with E-state index in [0.717, 1.165) is 12.8 Å². The summed E-state index contributed by atoms with van der Waals surface area (Å²) in [4.78, 5) is 16.7. The third kappa shape index (κ3) is 4.63. The van der Waals surface area contributed by atoms with Crippen LogP contribution in [0.5, 0.6) is 0 Å². The molecule has 9 nitrogen and oxygen atoms in total. The van der Waals surface area contributed by atoms with Crippen molar-refractivity contribution in [2.45, 2.75) is 32.8 Å². The van der Waals surface area contributed by atoms with Gasteiger partial charge in [0.1, 0.15) is 12.7 Å². The molecule has 0 radical (unpaired) electrons. The van der Waals surface area contributed by atoms with Crippen LogP contribution in [0.25, 0.3) is 5.95 Å². The molecule has 1 atom stereocenters. The molecule has 2 aromatic heterocycles. The molecule has 21 heavy (non-hydrogen) atoms. The quantitative estimate of drug-likeness (QED) is 0.601. The van der Waals surface area contributed by atoms with Crippen LogP contribution in [-0.2, 0) is 0 Å². The van der Waals surface area contributed by atoms with Gasteiger partial charge in [0.2, 0.25) is 11.9 Å².